The van der Waals surface area contributed by atoms with Crippen molar-refractivity contribution < 1.29 is 19.2 Å². The zero-order chi connectivity index (χ0) is 11.1. The molecule has 0 aliphatic rings. The van der Waals surface area contributed by atoms with E-state index in [1.54, 1.807) is 13.0 Å². The number of ether oxygens (including phenoxy) is 1. The number of aliphatic hydroxyl groups excluding tert-OH is 1. The summed E-state index contributed by atoms with van der Waals surface area (Å²) in [5, 5.41) is 14.6. The van der Waals surface area contributed by atoms with E-state index in [4.69, 9.17) is 14.4 Å². The highest BCUT2D eigenvalue weighted by Crippen LogP contribution is 2.08. The third kappa shape index (κ3) is 4.46. The number of amides is 1. The van der Waals surface area contributed by atoms with Crippen molar-refractivity contribution in [1.82, 2.24) is 10.5 Å². The molecule has 0 unspecified atom stereocenters. The van der Waals surface area contributed by atoms with Crippen LogP contribution in [0.5, 0.6) is 5.88 Å². The molecule has 84 valence electrons. The van der Waals surface area contributed by atoms with Gasteiger partial charge >= 0.3 is 0 Å². The molecule has 0 radical (unpaired) electrons. The van der Waals surface area contributed by atoms with E-state index >= 15 is 0 Å². The monoisotopic (exact) mass is 214 g/mol. The largest absolute Gasteiger partial charge is 0.465 e. The zero-order valence-electron chi connectivity index (χ0n) is 8.52. The molecule has 6 nitrogen and oxygen atoms in total. The van der Waals surface area contributed by atoms with E-state index < -0.39 is 0 Å². The van der Waals surface area contributed by atoms with Crippen molar-refractivity contribution in [3.63, 3.8) is 0 Å². The Balaban J connectivity index is 2.16. The van der Waals surface area contributed by atoms with Crippen molar-refractivity contribution in [1.29, 1.82) is 0 Å². The number of rotatable bonds is 6. The molecule has 1 amide bonds. The predicted molar refractivity (Wildman–Crippen MR) is 51.4 cm³/mol. The van der Waals surface area contributed by atoms with E-state index in [1.807, 2.05) is 0 Å². The number of aromatic nitrogens is 1. The molecule has 0 saturated carbocycles. The van der Waals surface area contributed by atoms with Crippen molar-refractivity contribution in [3.05, 3.63) is 11.8 Å². The van der Waals surface area contributed by atoms with Crippen LogP contribution in [0, 0.1) is 6.92 Å². The molecule has 15 heavy (non-hydrogen) atoms. The van der Waals surface area contributed by atoms with E-state index in [-0.39, 0.29) is 19.1 Å². The molecule has 1 rings (SSSR count). The molecule has 0 bridgehead atoms. The van der Waals surface area contributed by atoms with Crippen LogP contribution in [0.1, 0.15) is 12.2 Å². The van der Waals surface area contributed by atoms with Crippen LogP contribution >= 0.6 is 0 Å². The summed E-state index contributed by atoms with van der Waals surface area (Å²) in [6.07, 6.45) is 0.537. The van der Waals surface area contributed by atoms with Gasteiger partial charge in [-0.05, 0) is 18.5 Å². The first-order valence-corrected chi connectivity index (χ1v) is 4.66. The van der Waals surface area contributed by atoms with Crippen LogP contribution in [0.4, 0.5) is 0 Å². The Bertz CT molecular complexity index is 311. The van der Waals surface area contributed by atoms with Crippen LogP contribution in [0.15, 0.2) is 10.6 Å². The minimum Gasteiger partial charge on any atom is -0.465 e. The molecule has 6 heteroatoms. The normalized spacial score (nSPS) is 10.0. The van der Waals surface area contributed by atoms with Crippen LogP contribution in [0.3, 0.4) is 0 Å². The standard InChI is InChI=1S/C9H14N2O4/c1-7-5-9(11-15-7)14-6-8(13)10-3-2-4-12/h5,12H,2-4,6H2,1H3,(H,10,13). The Kier molecular flexibility index (Phi) is 4.62. The van der Waals surface area contributed by atoms with E-state index in [9.17, 15) is 4.79 Å². The fourth-order valence-electron chi connectivity index (χ4n) is 0.909. The Morgan fingerprint density at radius 3 is 3.13 bits per heavy atom. The number of carbonyl (C=O) groups is 1. The Labute approximate surface area is 87.2 Å². The first kappa shape index (κ1) is 11.5. The maximum atomic E-state index is 11.1. The summed E-state index contributed by atoms with van der Waals surface area (Å²) in [5.41, 5.74) is 0. The van der Waals surface area contributed by atoms with Gasteiger partial charge < -0.3 is 19.7 Å². The topological polar surface area (TPSA) is 84.6 Å². The highest BCUT2D eigenvalue weighted by Gasteiger charge is 2.04. The third-order valence-electron chi connectivity index (χ3n) is 1.61. The van der Waals surface area contributed by atoms with Crippen molar-refractivity contribution in [2.45, 2.75) is 13.3 Å². The van der Waals surface area contributed by atoms with E-state index in [1.165, 1.54) is 0 Å². The van der Waals surface area contributed by atoms with E-state index in [0.717, 1.165) is 0 Å². The predicted octanol–water partition coefficient (Wildman–Crippen LogP) is -0.140. The van der Waals surface area contributed by atoms with Crippen molar-refractivity contribution >= 4 is 5.91 Å². The Hall–Kier alpha value is -1.56. The summed E-state index contributed by atoms with van der Waals surface area (Å²) in [5.74, 6) is 0.680. The summed E-state index contributed by atoms with van der Waals surface area (Å²) in [6.45, 7) is 2.14. The summed E-state index contributed by atoms with van der Waals surface area (Å²) in [4.78, 5) is 11.1. The average Bonchev–Trinajstić information content (AvgIpc) is 2.62. The van der Waals surface area contributed by atoms with Gasteiger partial charge in [-0.3, -0.25) is 4.79 Å². The van der Waals surface area contributed by atoms with E-state index in [2.05, 4.69) is 10.5 Å². The number of hydrogen-bond acceptors (Lipinski definition) is 5. The highest BCUT2D eigenvalue weighted by atomic mass is 16.5. The van der Waals surface area contributed by atoms with Gasteiger partial charge in [0.25, 0.3) is 11.8 Å². The lowest BCUT2D eigenvalue weighted by Crippen LogP contribution is -2.30. The van der Waals surface area contributed by atoms with Gasteiger partial charge in [-0.15, -0.1) is 0 Å². The minimum absolute atomic E-state index is 0.0591. The third-order valence-corrected chi connectivity index (χ3v) is 1.61. The van der Waals surface area contributed by atoms with Crippen LogP contribution in [0.25, 0.3) is 0 Å². The molecule has 0 saturated heterocycles. The lowest BCUT2D eigenvalue weighted by Gasteiger charge is -2.03. The highest BCUT2D eigenvalue weighted by molar-refractivity contribution is 5.77. The summed E-state index contributed by atoms with van der Waals surface area (Å²) in [6, 6.07) is 1.60. The molecule has 0 aromatic carbocycles. The molecule has 0 aliphatic heterocycles. The molecular weight excluding hydrogens is 200 g/mol. The molecule has 0 spiro atoms. The van der Waals surface area contributed by atoms with Gasteiger partial charge in [0.05, 0.1) is 0 Å². The second-order valence-electron chi connectivity index (χ2n) is 2.99. The fourth-order valence-corrected chi connectivity index (χ4v) is 0.909. The smallest absolute Gasteiger partial charge is 0.258 e. The number of hydrogen-bond donors (Lipinski definition) is 2. The van der Waals surface area contributed by atoms with Gasteiger partial charge in [-0.2, -0.15) is 0 Å². The fraction of sp³-hybridized carbons (Fsp3) is 0.556. The molecule has 0 atom stereocenters. The molecule has 0 fully saturated rings. The van der Waals surface area contributed by atoms with Gasteiger partial charge in [0.2, 0.25) is 0 Å². The molecule has 1 aromatic heterocycles. The number of nitrogens with zero attached hydrogens (tertiary/aromatic N) is 1. The SMILES string of the molecule is Cc1cc(OCC(=O)NCCCO)no1. The van der Waals surface area contributed by atoms with Gasteiger partial charge in [-0.25, -0.2) is 0 Å². The molecular formula is C9H14N2O4. The molecule has 1 heterocycles. The number of carbonyl (C=O) groups excluding carboxylic acids is 1. The maximum absolute atomic E-state index is 11.1. The number of aryl methyl sites for hydroxylation is 1. The second-order valence-corrected chi connectivity index (χ2v) is 2.99. The average molecular weight is 214 g/mol. The molecule has 1 aromatic rings. The second kappa shape index (κ2) is 6.02. The van der Waals surface area contributed by atoms with Gasteiger partial charge in [0, 0.05) is 19.2 Å². The quantitative estimate of drug-likeness (QED) is 0.644. The van der Waals surface area contributed by atoms with Gasteiger partial charge in [0.1, 0.15) is 5.76 Å². The summed E-state index contributed by atoms with van der Waals surface area (Å²) < 4.78 is 9.80. The summed E-state index contributed by atoms with van der Waals surface area (Å²) in [7, 11) is 0. The first-order chi connectivity index (χ1) is 7.22. The van der Waals surface area contributed by atoms with Crippen LogP contribution in [-0.2, 0) is 4.79 Å². The van der Waals surface area contributed by atoms with E-state index in [0.29, 0.717) is 24.6 Å². The van der Waals surface area contributed by atoms with Crippen molar-refractivity contribution in [2.24, 2.45) is 0 Å². The lowest BCUT2D eigenvalue weighted by atomic mass is 10.4. The zero-order valence-corrected chi connectivity index (χ0v) is 8.52. The molecule has 2 N–H and O–H groups in total. The van der Waals surface area contributed by atoms with Gasteiger partial charge in [-0.1, -0.05) is 0 Å². The van der Waals surface area contributed by atoms with Crippen LogP contribution in [-0.4, -0.2) is 35.9 Å². The van der Waals surface area contributed by atoms with Crippen molar-refractivity contribution in [3.8, 4) is 5.88 Å². The lowest BCUT2D eigenvalue weighted by molar-refractivity contribution is -0.123. The van der Waals surface area contributed by atoms with Crippen LogP contribution in [0.2, 0.25) is 0 Å². The number of aliphatic hydroxyl groups is 1. The number of nitrogens with one attached hydrogen (secondary N) is 1. The maximum Gasteiger partial charge on any atom is 0.258 e. The Morgan fingerprint density at radius 1 is 1.73 bits per heavy atom. The minimum atomic E-state index is -0.246. The molecule has 0 aliphatic carbocycles. The summed E-state index contributed by atoms with van der Waals surface area (Å²) >= 11 is 0. The van der Waals surface area contributed by atoms with Crippen LogP contribution < -0.4 is 10.1 Å². The Morgan fingerprint density at radius 2 is 2.53 bits per heavy atom. The van der Waals surface area contributed by atoms with Gasteiger partial charge in [0.15, 0.2) is 6.61 Å². The first-order valence-electron chi connectivity index (χ1n) is 4.66. The van der Waals surface area contributed by atoms with Crippen molar-refractivity contribution in [2.75, 3.05) is 19.8 Å².